The Morgan fingerprint density at radius 2 is 2.08 bits per heavy atom. The van der Waals surface area contributed by atoms with Crippen molar-refractivity contribution in [1.29, 1.82) is 0 Å². The molecule has 8 nitrogen and oxygen atoms in total. The zero-order chi connectivity index (χ0) is 18.0. The number of nitrogens with one attached hydrogen (secondary N) is 2. The molecule has 126 valence electrons. The van der Waals surface area contributed by atoms with Crippen LogP contribution < -0.4 is 10.9 Å². The summed E-state index contributed by atoms with van der Waals surface area (Å²) in [6.45, 7) is 0. The van der Waals surface area contributed by atoms with Gasteiger partial charge in [-0.2, -0.15) is 0 Å². The molecule has 0 spiro atoms. The molecule has 9 heteroatoms. The molecular weight excluding hydrogens is 348 g/mol. The number of aromatic amines is 1. The van der Waals surface area contributed by atoms with E-state index in [1.807, 2.05) is 0 Å². The highest BCUT2D eigenvalue weighted by molar-refractivity contribution is 6.34. The minimum absolute atomic E-state index is 0.137. The highest BCUT2D eigenvalue weighted by atomic mass is 35.5. The molecule has 0 atom stereocenters. The molecule has 2 aromatic heterocycles. The zero-order valence-corrected chi connectivity index (χ0v) is 13.6. The van der Waals surface area contributed by atoms with Crippen LogP contribution in [-0.4, -0.2) is 33.9 Å². The number of pyridine rings is 1. The highest BCUT2D eigenvalue weighted by Gasteiger charge is 2.16. The minimum Gasteiger partial charge on any atom is -0.465 e. The summed E-state index contributed by atoms with van der Waals surface area (Å²) in [6, 6.07) is 5.65. The molecule has 0 radical (unpaired) electrons. The van der Waals surface area contributed by atoms with Gasteiger partial charge in [0.25, 0.3) is 11.5 Å². The Hall–Kier alpha value is -3.26. The first-order valence-corrected chi connectivity index (χ1v) is 7.39. The lowest BCUT2D eigenvalue weighted by Crippen LogP contribution is -2.23. The number of ether oxygens (including phenoxy) is 1. The van der Waals surface area contributed by atoms with Crippen molar-refractivity contribution in [3.05, 3.63) is 63.3 Å². The van der Waals surface area contributed by atoms with E-state index in [1.54, 1.807) is 0 Å². The number of H-pyrrole nitrogens is 1. The molecule has 0 bridgehead atoms. The Labute approximate surface area is 145 Å². The number of methoxy groups -OCH3 is 1. The van der Waals surface area contributed by atoms with E-state index >= 15 is 0 Å². The van der Waals surface area contributed by atoms with Crippen molar-refractivity contribution in [3.63, 3.8) is 0 Å². The average molecular weight is 359 g/mol. The number of carbonyl (C=O) groups excluding carboxylic acids is 2. The highest BCUT2D eigenvalue weighted by Crippen LogP contribution is 2.24. The van der Waals surface area contributed by atoms with Gasteiger partial charge in [-0.05, 0) is 24.3 Å². The van der Waals surface area contributed by atoms with Crippen LogP contribution in [0.5, 0.6) is 0 Å². The van der Waals surface area contributed by atoms with E-state index in [2.05, 4.69) is 25.0 Å². The Bertz CT molecular complexity index is 1050. The van der Waals surface area contributed by atoms with Crippen molar-refractivity contribution >= 4 is 40.2 Å². The van der Waals surface area contributed by atoms with Gasteiger partial charge in [0.1, 0.15) is 17.5 Å². The molecule has 1 aromatic carbocycles. The van der Waals surface area contributed by atoms with E-state index in [-0.39, 0.29) is 21.8 Å². The fourth-order valence-corrected chi connectivity index (χ4v) is 2.34. The molecule has 0 fully saturated rings. The number of hydrogen-bond acceptors (Lipinski definition) is 6. The van der Waals surface area contributed by atoms with Crippen LogP contribution in [0.3, 0.4) is 0 Å². The van der Waals surface area contributed by atoms with E-state index in [9.17, 15) is 14.4 Å². The minimum atomic E-state index is -0.684. The number of amides is 1. The molecule has 0 unspecified atom stereocenters. The lowest BCUT2D eigenvalue weighted by atomic mass is 10.1. The quantitative estimate of drug-likeness (QED) is 0.692. The standard InChI is InChI=1S/C16H11ClN4O4/c1-25-16(24)8-2-3-11(17)12(5-8)20-14(22)10-4-9-6-18-7-19-13(9)21-15(10)23/h2-7H,1H3,(H,20,22)(H,18,19,21,23). The van der Waals surface area contributed by atoms with Gasteiger partial charge in [0.05, 0.1) is 23.4 Å². The molecule has 3 rings (SSSR count). The topological polar surface area (TPSA) is 114 Å². The number of halogens is 1. The number of carbonyl (C=O) groups is 2. The second kappa shape index (κ2) is 6.70. The van der Waals surface area contributed by atoms with E-state index in [4.69, 9.17) is 11.6 Å². The summed E-state index contributed by atoms with van der Waals surface area (Å²) in [5.41, 5.74) is -0.0329. The summed E-state index contributed by atoms with van der Waals surface area (Å²) < 4.78 is 4.62. The van der Waals surface area contributed by atoms with E-state index in [1.165, 1.54) is 43.9 Å². The van der Waals surface area contributed by atoms with Gasteiger partial charge in [0, 0.05) is 11.6 Å². The number of anilines is 1. The second-order valence-corrected chi connectivity index (χ2v) is 5.39. The van der Waals surface area contributed by atoms with Crippen LogP contribution in [0.1, 0.15) is 20.7 Å². The van der Waals surface area contributed by atoms with Crippen LogP contribution in [-0.2, 0) is 4.74 Å². The molecule has 2 N–H and O–H groups in total. The third-order valence-electron chi connectivity index (χ3n) is 3.40. The fraction of sp³-hybridized carbons (Fsp3) is 0.0625. The summed E-state index contributed by atoms with van der Waals surface area (Å²) in [5.74, 6) is -1.26. The number of esters is 1. The van der Waals surface area contributed by atoms with Gasteiger partial charge in [-0.25, -0.2) is 14.8 Å². The summed E-state index contributed by atoms with van der Waals surface area (Å²) in [6.07, 6.45) is 2.76. The van der Waals surface area contributed by atoms with Gasteiger partial charge in [-0.3, -0.25) is 9.59 Å². The Morgan fingerprint density at radius 3 is 2.84 bits per heavy atom. The number of nitrogens with zero attached hydrogens (tertiary/aromatic N) is 2. The van der Waals surface area contributed by atoms with Crippen LogP contribution in [0, 0.1) is 0 Å². The van der Waals surface area contributed by atoms with Crippen LogP contribution in [0.4, 0.5) is 5.69 Å². The van der Waals surface area contributed by atoms with Gasteiger partial charge in [-0.1, -0.05) is 11.6 Å². The lowest BCUT2D eigenvalue weighted by Gasteiger charge is -2.09. The maximum Gasteiger partial charge on any atom is 0.337 e. The van der Waals surface area contributed by atoms with Gasteiger partial charge in [0.15, 0.2) is 0 Å². The van der Waals surface area contributed by atoms with Crippen molar-refractivity contribution in [2.75, 3.05) is 12.4 Å². The van der Waals surface area contributed by atoms with Crippen LogP contribution in [0.25, 0.3) is 11.0 Å². The molecule has 0 saturated carbocycles. The molecule has 3 aromatic rings. The van der Waals surface area contributed by atoms with Crippen molar-refractivity contribution in [3.8, 4) is 0 Å². The van der Waals surface area contributed by atoms with Crippen molar-refractivity contribution in [1.82, 2.24) is 15.0 Å². The van der Waals surface area contributed by atoms with Crippen LogP contribution in [0.15, 0.2) is 41.6 Å². The SMILES string of the molecule is COC(=O)c1ccc(Cl)c(NC(=O)c2cc3cncnc3[nH]c2=O)c1. The number of aromatic nitrogens is 3. The summed E-state index contributed by atoms with van der Waals surface area (Å²) in [5, 5.41) is 3.22. The van der Waals surface area contributed by atoms with Gasteiger partial charge >= 0.3 is 5.97 Å². The maximum absolute atomic E-state index is 12.4. The average Bonchev–Trinajstić information content (AvgIpc) is 2.62. The summed E-state index contributed by atoms with van der Waals surface area (Å²) in [4.78, 5) is 46.4. The van der Waals surface area contributed by atoms with E-state index < -0.39 is 17.4 Å². The van der Waals surface area contributed by atoms with E-state index in [0.717, 1.165) is 0 Å². The molecule has 0 aliphatic rings. The molecule has 2 heterocycles. The molecule has 1 amide bonds. The first-order valence-electron chi connectivity index (χ1n) is 7.02. The maximum atomic E-state index is 12.4. The zero-order valence-electron chi connectivity index (χ0n) is 12.9. The van der Waals surface area contributed by atoms with E-state index in [0.29, 0.717) is 11.0 Å². The summed E-state index contributed by atoms with van der Waals surface area (Å²) >= 11 is 6.04. The molecule has 0 aliphatic carbocycles. The third-order valence-corrected chi connectivity index (χ3v) is 3.73. The molecular formula is C16H11ClN4O4. The molecule has 0 saturated heterocycles. The first-order chi connectivity index (χ1) is 12.0. The third kappa shape index (κ3) is 3.33. The lowest BCUT2D eigenvalue weighted by molar-refractivity contribution is 0.0600. The number of hydrogen-bond donors (Lipinski definition) is 2. The fourth-order valence-electron chi connectivity index (χ4n) is 2.17. The predicted octanol–water partition coefficient (Wildman–Crippen LogP) is 2.01. The van der Waals surface area contributed by atoms with Crippen LogP contribution >= 0.6 is 11.6 Å². The summed E-state index contributed by atoms with van der Waals surface area (Å²) in [7, 11) is 1.24. The Balaban J connectivity index is 1.96. The van der Waals surface area contributed by atoms with Gasteiger partial charge in [-0.15, -0.1) is 0 Å². The first kappa shape index (κ1) is 16.6. The van der Waals surface area contributed by atoms with Crippen LogP contribution in [0.2, 0.25) is 5.02 Å². The van der Waals surface area contributed by atoms with Gasteiger partial charge in [0.2, 0.25) is 0 Å². The van der Waals surface area contributed by atoms with Crippen molar-refractivity contribution < 1.29 is 14.3 Å². The Kier molecular flexibility index (Phi) is 4.44. The van der Waals surface area contributed by atoms with Crippen molar-refractivity contribution in [2.45, 2.75) is 0 Å². The monoisotopic (exact) mass is 358 g/mol. The largest absolute Gasteiger partial charge is 0.465 e. The number of fused-ring (bicyclic) bond motifs is 1. The number of benzene rings is 1. The Morgan fingerprint density at radius 1 is 1.28 bits per heavy atom. The van der Waals surface area contributed by atoms with Crippen molar-refractivity contribution in [2.24, 2.45) is 0 Å². The normalized spacial score (nSPS) is 10.5. The predicted molar refractivity (Wildman–Crippen MR) is 90.9 cm³/mol. The molecule has 0 aliphatic heterocycles. The number of rotatable bonds is 3. The second-order valence-electron chi connectivity index (χ2n) is 4.98. The smallest absolute Gasteiger partial charge is 0.337 e. The van der Waals surface area contributed by atoms with Gasteiger partial charge < -0.3 is 15.0 Å². The molecule has 25 heavy (non-hydrogen) atoms.